The summed E-state index contributed by atoms with van der Waals surface area (Å²) in [5, 5.41) is 6.10. The normalized spacial score (nSPS) is 27.5. The van der Waals surface area contributed by atoms with Gasteiger partial charge in [-0.25, -0.2) is 13.7 Å². The molecular weight excluding hydrogens is 537 g/mol. The molecule has 202 valence electrons. The van der Waals surface area contributed by atoms with Crippen LogP contribution in [-0.2, 0) is 41.1 Å². The van der Waals surface area contributed by atoms with E-state index in [1.807, 2.05) is 0 Å². The van der Waals surface area contributed by atoms with Gasteiger partial charge in [0.1, 0.15) is 12.3 Å². The van der Waals surface area contributed by atoms with Gasteiger partial charge in [-0.05, 0) is 30.7 Å². The van der Waals surface area contributed by atoms with Gasteiger partial charge < -0.3 is 34.4 Å². The zero-order valence-corrected chi connectivity index (χ0v) is 21.4. The molecule has 0 spiro atoms. The average molecular weight is 566 g/mol. The zero-order valence-electron chi connectivity index (χ0n) is 18.7. The third kappa shape index (κ3) is 11.4. The van der Waals surface area contributed by atoms with E-state index in [9.17, 15) is 28.3 Å². The molecule has 0 bridgehead atoms. The number of amides is 1. The van der Waals surface area contributed by atoms with Crippen molar-refractivity contribution < 1.29 is 60.7 Å². The highest BCUT2D eigenvalue weighted by molar-refractivity contribution is 7.66. The fraction of sp³-hybridized carbons (Fsp3) is 0.933. The number of nitrogens with zero attached hydrogens (tertiary/aromatic N) is 3. The van der Waals surface area contributed by atoms with Gasteiger partial charge in [-0.1, -0.05) is 18.0 Å². The summed E-state index contributed by atoms with van der Waals surface area (Å²) in [5.41, 5.74) is 8.84. The molecule has 5 N–H and O–H groups in total. The summed E-state index contributed by atoms with van der Waals surface area (Å²) >= 11 is 0. The fourth-order valence-corrected chi connectivity index (χ4v) is 6.96. The smallest absolute Gasteiger partial charge is 0.369 e. The van der Waals surface area contributed by atoms with Gasteiger partial charge in [-0.2, -0.15) is 8.62 Å². The Labute approximate surface area is 200 Å². The van der Waals surface area contributed by atoms with Gasteiger partial charge in [0.25, 0.3) is 0 Å². The largest absolute Gasteiger partial charge is 0.490 e. The third-order valence-electron chi connectivity index (χ3n) is 5.25. The third-order valence-corrected chi connectivity index (χ3v) is 9.05. The van der Waals surface area contributed by atoms with Gasteiger partial charge >= 0.3 is 23.5 Å². The molecule has 1 aliphatic carbocycles. The summed E-state index contributed by atoms with van der Waals surface area (Å²) in [7, 11) is -16.5. The number of carbonyl (C=O) groups is 1. The topological polar surface area (TPSA) is 256 Å². The van der Waals surface area contributed by atoms with Crippen molar-refractivity contribution in [2.24, 2.45) is 11.0 Å². The fourth-order valence-electron chi connectivity index (χ4n) is 3.93. The minimum Gasteiger partial charge on any atom is -0.369 e. The van der Waals surface area contributed by atoms with Gasteiger partial charge in [-0.15, -0.1) is 0 Å². The Morgan fingerprint density at radius 3 is 2.40 bits per heavy atom. The molecule has 1 saturated carbocycles. The Morgan fingerprint density at radius 2 is 1.83 bits per heavy atom. The van der Waals surface area contributed by atoms with Crippen LogP contribution in [0.5, 0.6) is 0 Å². The number of azide groups is 1. The number of rotatable bonds is 14. The second-order valence-corrected chi connectivity index (χ2v) is 12.4. The summed E-state index contributed by atoms with van der Waals surface area (Å²) in [4.78, 5) is 50.1. The van der Waals surface area contributed by atoms with Crippen molar-refractivity contribution in [1.29, 1.82) is 0 Å². The number of carbonyl (C=O) groups excluding carboxylic acids is 1. The van der Waals surface area contributed by atoms with E-state index in [0.717, 1.165) is 25.7 Å². The lowest BCUT2D eigenvalue weighted by Crippen LogP contribution is -2.33. The molecule has 20 heteroatoms. The zero-order chi connectivity index (χ0) is 26.3. The Balaban J connectivity index is 2.06. The van der Waals surface area contributed by atoms with E-state index < -0.39 is 48.5 Å². The SMILES string of the molecule is CC(=O)NCCC(N=[N+]=[N-])OC1C[C@H](C2CCCC2)O[C@@H]1COP(=O)(O)OP(=O)(O)OP(=O)(O)O. The molecule has 4 unspecified atom stereocenters. The molecule has 2 aliphatic rings. The van der Waals surface area contributed by atoms with Gasteiger partial charge in [-0.3, -0.25) is 9.32 Å². The second kappa shape index (κ2) is 13.1. The van der Waals surface area contributed by atoms with Crippen molar-refractivity contribution in [3.8, 4) is 0 Å². The average Bonchev–Trinajstić information content (AvgIpc) is 3.33. The summed E-state index contributed by atoms with van der Waals surface area (Å²) in [6.07, 6.45) is 1.26. The Kier molecular flexibility index (Phi) is 11.3. The van der Waals surface area contributed by atoms with E-state index in [2.05, 4.69) is 24.0 Å². The molecule has 6 atom stereocenters. The predicted octanol–water partition coefficient (Wildman–Crippen LogP) is 2.23. The quantitative estimate of drug-likeness (QED) is 0.0875. The van der Waals surface area contributed by atoms with Crippen LogP contribution >= 0.6 is 23.5 Å². The summed E-state index contributed by atoms with van der Waals surface area (Å²) in [6.45, 7) is 0.802. The molecule has 35 heavy (non-hydrogen) atoms. The Hall–Kier alpha value is -0.890. The second-order valence-electron chi connectivity index (χ2n) is 7.99. The summed E-state index contributed by atoms with van der Waals surface area (Å²) in [6, 6.07) is 0. The van der Waals surface area contributed by atoms with E-state index in [1.165, 1.54) is 6.92 Å². The number of ether oxygens (including phenoxy) is 2. The van der Waals surface area contributed by atoms with Crippen molar-refractivity contribution in [1.82, 2.24) is 5.32 Å². The van der Waals surface area contributed by atoms with E-state index >= 15 is 0 Å². The first-order valence-electron chi connectivity index (χ1n) is 10.6. The van der Waals surface area contributed by atoms with Crippen LogP contribution in [0.25, 0.3) is 10.4 Å². The van der Waals surface area contributed by atoms with Crippen LogP contribution in [0, 0.1) is 5.92 Å². The monoisotopic (exact) mass is 566 g/mol. The summed E-state index contributed by atoms with van der Waals surface area (Å²) in [5.74, 6) is -0.0843. The molecule has 17 nitrogen and oxygen atoms in total. The highest BCUT2D eigenvalue weighted by Gasteiger charge is 2.45. The van der Waals surface area contributed by atoms with Crippen LogP contribution in [0.3, 0.4) is 0 Å². The van der Waals surface area contributed by atoms with Gasteiger partial charge in [0.05, 0.1) is 18.8 Å². The van der Waals surface area contributed by atoms with Crippen LogP contribution in [-0.4, -0.2) is 63.2 Å². The van der Waals surface area contributed by atoms with Gasteiger partial charge in [0.15, 0.2) is 0 Å². The first kappa shape index (κ1) is 30.3. The van der Waals surface area contributed by atoms with E-state index in [-0.39, 0.29) is 30.9 Å². The highest BCUT2D eigenvalue weighted by Crippen LogP contribution is 2.66. The van der Waals surface area contributed by atoms with Crippen molar-refractivity contribution in [3.63, 3.8) is 0 Å². The molecular formula is C15H29N4O13P3. The Bertz CT molecular complexity index is 920. The first-order valence-corrected chi connectivity index (χ1v) is 15.1. The number of hydrogen-bond acceptors (Lipinski definition) is 10. The van der Waals surface area contributed by atoms with E-state index in [0.29, 0.717) is 6.42 Å². The molecule has 1 amide bonds. The lowest BCUT2D eigenvalue weighted by molar-refractivity contribution is -0.119. The molecule has 1 aliphatic heterocycles. The van der Waals surface area contributed by atoms with Crippen molar-refractivity contribution >= 4 is 29.4 Å². The molecule has 0 radical (unpaired) electrons. The number of phosphoric ester groups is 1. The van der Waals surface area contributed by atoms with Crippen LogP contribution in [0.2, 0.25) is 0 Å². The highest BCUT2D eigenvalue weighted by atomic mass is 31.3. The molecule has 2 rings (SSSR count). The van der Waals surface area contributed by atoms with E-state index in [4.69, 9.17) is 29.3 Å². The lowest BCUT2D eigenvalue weighted by atomic mass is 9.97. The maximum atomic E-state index is 12.1. The Morgan fingerprint density at radius 1 is 1.17 bits per heavy atom. The van der Waals surface area contributed by atoms with Gasteiger partial charge in [0, 0.05) is 24.8 Å². The number of phosphoric acid groups is 3. The maximum absolute atomic E-state index is 12.1. The molecule has 1 heterocycles. The molecule has 1 saturated heterocycles. The van der Waals surface area contributed by atoms with Crippen molar-refractivity contribution in [3.05, 3.63) is 10.4 Å². The predicted molar refractivity (Wildman–Crippen MR) is 116 cm³/mol. The molecule has 0 aromatic carbocycles. The number of nitrogens with one attached hydrogen (secondary N) is 1. The van der Waals surface area contributed by atoms with Gasteiger partial charge in [0.2, 0.25) is 5.91 Å². The standard InChI is InChI=1S/C15H29N4O13P3/c1-10(20)17-7-6-15(18-19-16)30-13-8-12(11-4-2-3-5-11)29-14(13)9-28-34(24,25)32-35(26,27)31-33(21,22)23/h11-15H,2-9H2,1H3,(H,17,20)(H,24,25)(H,26,27)(H2,21,22,23)/t12-,13?,14-,15?/m1/s1. The van der Waals surface area contributed by atoms with E-state index in [1.54, 1.807) is 0 Å². The van der Waals surface area contributed by atoms with Crippen LogP contribution in [0.4, 0.5) is 0 Å². The summed E-state index contributed by atoms with van der Waals surface area (Å²) < 4.78 is 58.3. The van der Waals surface area contributed by atoms with Crippen molar-refractivity contribution in [2.45, 2.75) is 70.0 Å². The van der Waals surface area contributed by atoms with Crippen LogP contribution < -0.4 is 5.32 Å². The molecule has 0 aromatic rings. The minimum absolute atomic E-state index is 0.136. The number of hydrogen-bond donors (Lipinski definition) is 5. The van der Waals surface area contributed by atoms with Crippen molar-refractivity contribution in [2.75, 3.05) is 13.2 Å². The maximum Gasteiger partial charge on any atom is 0.490 e. The van der Waals surface area contributed by atoms with Crippen LogP contribution in [0.1, 0.15) is 45.4 Å². The molecule has 0 aromatic heterocycles. The lowest BCUT2D eigenvalue weighted by Gasteiger charge is -2.24. The molecule has 2 fully saturated rings. The minimum atomic E-state index is -5.66. The van der Waals surface area contributed by atoms with Crippen LogP contribution in [0.15, 0.2) is 5.11 Å². The first-order chi connectivity index (χ1) is 16.2.